The lowest BCUT2D eigenvalue weighted by atomic mass is 10.2. The lowest BCUT2D eigenvalue weighted by Gasteiger charge is -2.18. The van der Waals surface area contributed by atoms with Crippen LogP contribution in [0.2, 0.25) is 0 Å². The minimum atomic E-state index is -0.518. The molecular formula is C24H24FN3O3S. The zero-order valence-corrected chi connectivity index (χ0v) is 18.9. The van der Waals surface area contributed by atoms with E-state index in [1.807, 2.05) is 26.0 Å². The molecule has 0 aliphatic heterocycles. The van der Waals surface area contributed by atoms with Crippen molar-refractivity contribution in [3.05, 3.63) is 71.0 Å². The highest BCUT2D eigenvalue weighted by Gasteiger charge is 2.20. The Morgan fingerprint density at radius 3 is 2.72 bits per heavy atom. The molecule has 0 aliphatic rings. The first-order chi connectivity index (χ1) is 15.4. The van der Waals surface area contributed by atoms with Gasteiger partial charge in [0, 0.05) is 24.1 Å². The van der Waals surface area contributed by atoms with E-state index in [4.69, 9.17) is 4.74 Å². The Kier molecular flexibility index (Phi) is 7.72. The molecule has 3 rings (SSSR count). The third-order valence-electron chi connectivity index (χ3n) is 4.44. The summed E-state index contributed by atoms with van der Waals surface area (Å²) in [6.07, 6.45) is 3.83. The van der Waals surface area contributed by atoms with Gasteiger partial charge in [-0.15, -0.1) is 11.3 Å². The van der Waals surface area contributed by atoms with Crippen LogP contribution in [0.4, 0.5) is 20.9 Å². The Hall–Kier alpha value is -3.52. The molecule has 0 radical (unpaired) electrons. The van der Waals surface area contributed by atoms with Crippen molar-refractivity contribution in [3.8, 4) is 5.75 Å². The summed E-state index contributed by atoms with van der Waals surface area (Å²) in [7, 11) is 0. The monoisotopic (exact) mass is 453 g/mol. The summed E-state index contributed by atoms with van der Waals surface area (Å²) in [5.41, 5.74) is 2.19. The molecule has 0 atom stereocenters. The minimum Gasteiger partial charge on any atom is -0.494 e. The first-order valence-electron chi connectivity index (χ1n) is 10.1. The van der Waals surface area contributed by atoms with E-state index in [9.17, 15) is 14.0 Å². The number of nitrogens with zero attached hydrogens (tertiary/aromatic N) is 2. The number of amides is 2. The second kappa shape index (κ2) is 10.7. The van der Waals surface area contributed by atoms with Crippen molar-refractivity contribution in [2.24, 2.45) is 0 Å². The molecule has 0 bridgehead atoms. The molecule has 0 unspecified atom stereocenters. The second-order valence-corrected chi connectivity index (χ2v) is 7.85. The number of benzene rings is 2. The molecule has 32 heavy (non-hydrogen) atoms. The van der Waals surface area contributed by atoms with Gasteiger partial charge in [-0.25, -0.2) is 9.37 Å². The molecule has 0 saturated carbocycles. The van der Waals surface area contributed by atoms with Gasteiger partial charge in [0.15, 0.2) is 5.13 Å². The highest BCUT2D eigenvalue weighted by Crippen LogP contribution is 2.31. The van der Waals surface area contributed by atoms with Crippen LogP contribution < -0.4 is 15.0 Å². The van der Waals surface area contributed by atoms with Crippen LogP contribution in [0.25, 0.3) is 6.08 Å². The van der Waals surface area contributed by atoms with Crippen LogP contribution in [-0.2, 0) is 9.59 Å². The number of hydrogen-bond acceptors (Lipinski definition) is 5. The fourth-order valence-corrected chi connectivity index (χ4v) is 3.77. The zero-order valence-electron chi connectivity index (χ0n) is 18.1. The van der Waals surface area contributed by atoms with Crippen molar-refractivity contribution >= 4 is 45.7 Å². The maximum absolute atomic E-state index is 14.2. The van der Waals surface area contributed by atoms with Gasteiger partial charge in [-0.1, -0.05) is 19.1 Å². The number of carbonyl (C=O) groups excluding carboxylic acids is 2. The van der Waals surface area contributed by atoms with Crippen LogP contribution >= 0.6 is 11.3 Å². The van der Waals surface area contributed by atoms with Crippen molar-refractivity contribution in [1.29, 1.82) is 0 Å². The number of hydrogen-bond donors (Lipinski definition) is 1. The molecule has 2 aromatic carbocycles. The van der Waals surface area contributed by atoms with Crippen LogP contribution in [0.15, 0.2) is 53.9 Å². The Bertz CT molecular complexity index is 1140. The molecule has 3 aromatic rings. The average molecular weight is 454 g/mol. The number of anilines is 3. The van der Waals surface area contributed by atoms with Crippen LogP contribution in [-0.4, -0.2) is 23.4 Å². The van der Waals surface area contributed by atoms with E-state index in [1.165, 1.54) is 41.4 Å². The van der Waals surface area contributed by atoms with Crippen molar-refractivity contribution < 1.29 is 18.7 Å². The summed E-state index contributed by atoms with van der Waals surface area (Å²) >= 11 is 1.19. The fraction of sp³-hybridized carbons (Fsp3) is 0.208. The topological polar surface area (TPSA) is 71.5 Å². The molecule has 0 saturated heterocycles. The van der Waals surface area contributed by atoms with Gasteiger partial charge in [0.25, 0.3) is 0 Å². The van der Waals surface area contributed by atoms with E-state index < -0.39 is 5.82 Å². The lowest BCUT2D eigenvalue weighted by molar-refractivity contribution is -0.116. The van der Waals surface area contributed by atoms with Gasteiger partial charge in [-0.3, -0.25) is 14.5 Å². The summed E-state index contributed by atoms with van der Waals surface area (Å²) in [4.78, 5) is 30.0. The van der Waals surface area contributed by atoms with E-state index in [0.29, 0.717) is 23.1 Å². The lowest BCUT2D eigenvalue weighted by Crippen LogP contribution is -2.23. The molecule has 1 N–H and O–H groups in total. The highest BCUT2D eigenvalue weighted by atomic mass is 32.1. The Morgan fingerprint density at radius 2 is 2.03 bits per heavy atom. The van der Waals surface area contributed by atoms with Crippen molar-refractivity contribution in [1.82, 2.24) is 4.98 Å². The largest absolute Gasteiger partial charge is 0.494 e. The first kappa shape index (κ1) is 23.1. The third-order valence-corrected chi connectivity index (χ3v) is 5.29. The number of ether oxygens (including phenoxy) is 1. The van der Waals surface area contributed by atoms with E-state index in [0.717, 1.165) is 17.7 Å². The van der Waals surface area contributed by atoms with Crippen LogP contribution in [0, 0.1) is 12.7 Å². The van der Waals surface area contributed by atoms with Crippen LogP contribution in [0.3, 0.4) is 0 Å². The van der Waals surface area contributed by atoms with E-state index in [1.54, 1.807) is 29.7 Å². The van der Waals surface area contributed by atoms with Gasteiger partial charge in [-0.05, 0) is 55.3 Å². The highest BCUT2D eigenvalue weighted by molar-refractivity contribution is 7.14. The molecule has 1 aromatic heterocycles. The Morgan fingerprint density at radius 1 is 1.25 bits per heavy atom. The second-order valence-electron chi connectivity index (χ2n) is 7.01. The predicted molar refractivity (Wildman–Crippen MR) is 126 cm³/mol. The molecule has 166 valence electrons. The van der Waals surface area contributed by atoms with Gasteiger partial charge < -0.3 is 10.1 Å². The normalized spacial score (nSPS) is 10.9. The number of aromatic nitrogens is 1. The summed E-state index contributed by atoms with van der Waals surface area (Å²) in [5, 5.41) is 4.84. The standard InChI is InChI=1S/C24H24FN3O3S/c1-4-13-31-19-10-11-21(16(2)14-19)27-23(30)12-9-18-15-32-24(26-18)28(17(3)29)22-8-6-5-7-20(22)25/h5-12,14-15H,4,13H2,1-3H3,(H,27,30). The quantitative estimate of drug-likeness (QED) is 0.443. The minimum absolute atomic E-state index is 0.129. The smallest absolute Gasteiger partial charge is 0.248 e. The predicted octanol–water partition coefficient (Wildman–Crippen LogP) is 5.72. The van der Waals surface area contributed by atoms with Crippen LogP contribution in [0.1, 0.15) is 31.5 Å². The molecule has 1 heterocycles. The summed E-state index contributed by atoms with van der Waals surface area (Å²) in [6.45, 7) is 5.92. The number of rotatable bonds is 8. The fourth-order valence-electron chi connectivity index (χ4n) is 2.92. The Labute approximate surface area is 190 Å². The molecule has 8 heteroatoms. The van der Waals surface area contributed by atoms with Gasteiger partial charge in [-0.2, -0.15) is 0 Å². The maximum atomic E-state index is 14.2. The third kappa shape index (κ3) is 5.79. The zero-order chi connectivity index (χ0) is 23.1. The molecule has 2 amide bonds. The molecule has 0 aliphatic carbocycles. The Balaban J connectivity index is 1.69. The van der Waals surface area contributed by atoms with Gasteiger partial charge in [0.1, 0.15) is 11.6 Å². The summed E-state index contributed by atoms with van der Waals surface area (Å²) in [5.74, 6) is -0.435. The first-order valence-corrected chi connectivity index (χ1v) is 11.0. The summed E-state index contributed by atoms with van der Waals surface area (Å²) in [6, 6.07) is 11.5. The average Bonchev–Trinajstić information content (AvgIpc) is 3.22. The number of carbonyl (C=O) groups is 2. The molecular weight excluding hydrogens is 429 g/mol. The van der Waals surface area contributed by atoms with Gasteiger partial charge in [0.2, 0.25) is 11.8 Å². The van der Waals surface area contributed by atoms with Gasteiger partial charge in [0.05, 0.1) is 18.0 Å². The number of para-hydroxylation sites is 1. The number of thiazole rings is 1. The molecule has 0 spiro atoms. The maximum Gasteiger partial charge on any atom is 0.248 e. The van der Waals surface area contributed by atoms with E-state index in [2.05, 4.69) is 10.3 Å². The van der Waals surface area contributed by atoms with E-state index in [-0.39, 0.29) is 17.5 Å². The van der Waals surface area contributed by atoms with Crippen molar-refractivity contribution in [2.45, 2.75) is 27.2 Å². The van der Waals surface area contributed by atoms with Crippen LogP contribution in [0.5, 0.6) is 5.75 Å². The SMILES string of the molecule is CCCOc1ccc(NC(=O)C=Cc2csc(N(C(C)=O)c3ccccc3F)n2)c(C)c1. The van der Waals surface area contributed by atoms with Crippen molar-refractivity contribution in [2.75, 3.05) is 16.8 Å². The van der Waals surface area contributed by atoms with Crippen molar-refractivity contribution in [3.63, 3.8) is 0 Å². The number of aryl methyl sites for hydroxylation is 1. The van der Waals surface area contributed by atoms with Gasteiger partial charge >= 0.3 is 0 Å². The summed E-state index contributed by atoms with van der Waals surface area (Å²) < 4.78 is 19.8. The number of halogens is 1. The number of nitrogens with one attached hydrogen (secondary N) is 1. The molecule has 0 fully saturated rings. The van der Waals surface area contributed by atoms with E-state index >= 15 is 0 Å². The molecule has 6 nitrogen and oxygen atoms in total.